The number of thiol groups is 1. The van der Waals surface area contributed by atoms with Crippen molar-refractivity contribution in [2.75, 3.05) is 0 Å². The largest absolute Gasteiger partial charge is 0.511 e. The van der Waals surface area contributed by atoms with Gasteiger partial charge in [0.15, 0.2) is 11.6 Å². The first-order valence-electron chi connectivity index (χ1n) is 6.30. The molecule has 0 radical (unpaired) electrons. The summed E-state index contributed by atoms with van der Waals surface area (Å²) in [6, 6.07) is 7.52. The molecule has 1 aromatic carbocycles. The van der Waals surface area contributed by atoms with Crippen molar-refractivity contribution in [1.82, 2.24) is 0 Å². The number of hydrogen-bond acceptors (Lipinski definition) is 4. The zero-order valence-electron chi connectivity index (χ0n) is 10.7. The molecule has 0 bridgehead atoms. The number of aliphatic hydroxyl groups excluding tert-OH is 1. The van der Waals surface area contributed by atoms with Gasteiger partial charge in [0, 0.05) is 24.2 Å². The molecule has 0 amide bonds. The zero-order chi connectivity index (χ0) is 14.0. The highest BCUT2D eigenvalue weighted by molar-refractivity contribution is 7.80. The van der Waals surface area contributed by atoms with Gasteiger partial charge in [0.1, 0.15) is 5.76 Å². The van der Waals surface area contributed by atoms with Gasteiger partial charge in [-0.25, -0.2) is 0 Å². The minimum Gasteiger partial charge on any atom is -0.511 e. The summed E-state index contributed by atoms with van der Waals surface area (Å²) in [5.74, 6) is -0.653. The van der Waals surface area contributed by atoms with Crippen LogP contribution in [-0.2, 0) is 9.59 Å². The molecule has 0 fully saturated rings. The summed E-state index contributed by atoms with van der Waals surface area (Å²) in [5, 5.41) is 9.95. The van der Waals surface area contributed by atoms with E-state index < -0.39 is 0 Å². The van der Waals surface area contributed by atoms with E-state index in [4.69, 9.17) is 0 Å². The Morgan fingerprint density at radius 1 is 1.32 bits per heavy atom. The van der Waals surface area contributed by atoms with E-state index in [0.29, 0.717) is 6.42 Å². The summed E-state index contributed by atoms with van der Waals surface area (Å²) < 4.78 is 0. The normalized spacial score (nSPS) is 19.7. The summed E-state index contributed by atoms with van der Waals surface area (Å²) >= 11 is 4.21. The minimum atomic E-state index is -0.272. The first kappa shape index (κ1) is 13.9. The van der Waals surface area contributed by atoms with Gasteiger partial charge in [-0.3, -0.25) is 9.59 Å². The third-order valence-corrected chi connectivity index (χ3v) is 3.70. The smallest absolute Gasteiger partial charge is 0.170 e. The van der Waals surface area contributed by atoms with Gasteiger partial charge in [-0.1, -0.05) is 19.1 Å². The number of carbonyl (C=O) groups excluding carboxylic acids is 2. The minimum absolute atomic E-state index is 0.00423. The lowest BCUT2D eigenvalue weighted by molar-refractivity contribution is -0.122. The molecule has 0 saturated heterocycles. The number of benzene rings is 1. The highest BCUT2D eigenvalue weighted by Gasteiger charge is 2.31. The van der Waals surface area contributed by atoms with Crippen LogP contribution in [0.15, 0.2) is 40.5 Å². The SMILES string of the molecule is CCC(=O)C1=C(O)CC(c2ccc(S)cc2)CC1=O. The van der Waals surface area contributed by atoms with E-state index >= 15 is 0 Å². The van der Waals surface area contributed by atoms with Gasteiger partial charge in [0.25, 0.3) is 0 Å². The van der Waals surface area contributed by atoms with Gasteiger partial charge in [0.2, 0.25) is 0 Å². The molecular formula is C15H16O3S. The average Bonchev–Trinajstić information content (AvgIpc) is 2.38. The molecule has 3 nitrogen and oxygen atoms in total. The van der Waals surface area contributed by atoms with Crippen molar-refractivity contribution in [3.63, 3.8) is 0 Å². The highest BCUT2D eigenvalue weighted by Crippen LogP contribution is 2.34. The summed E-state index contributed by atoms with van der Waals surface area (Å²) in [6.07, 6.45) is 0.861. The molecule has 1 aliphatic carbocycles. The van der Waals surface area contributed by atoms with Crippen LogP contribution in [0.25, 0.3) is 0 Å². The van der Waals surface area contributed by atoms with Crippen molar-refractivity contribution in [2.45, 2.75) is 37.0 Å². The maximum atomic E-state index is 12.0. The van der Waals surface area contributed by atoms with Crippen molar-refractivity contribution >= 4 is 24.2 Å². The summed E-state index contributed by atoms with van der Waals surface area (Å²) in [4.78, 5) is 24.5. The fourth-order valence-electron chi connectivity index (χ4n) is 2.37. The fraction of sp³-hybridized carbons (Fsp3) is 0.333. The molecule has 0 heterocycles. The van der Waals surface area contributed by atoms with Crippen LogP contribution in [0.5, 0.6) is 0 Å². The molecule has 4 heteroatoms. The number of rotatable bonds is 3. The van der Waals surface area contributed by atoms with E-state index in [2.05, 4.69) is 12.6 Å². The van der Waals surface area contributed by atoms with Gasteiger partial charge in [-0.2, -0.15) is 0 Å². The molecule has 1 unspecified atom stereocenters. The van der Waals surface area contributed by atoms with Crippen LogP contribution >= 0.6 is 12.6 Å². The van der Waals surface area contributed by atoms with Crippen molar-refractivity contribution in [1.29, 1.82) is 0 Å². The number of ketones is 2. The molecule has 0 spiro atoms. The van der Waals surface area contributed by atoms with Crippen molar-refractivity contribution in [3.8, 4) is 0 Å². The van der Waals surface area contributed by atoms with E-state index in [1.165, 1.54) is 0 Å². The van der Waals surface area contributed by atoms with E-state index in [9.17, 15) is 14.7 Å². The van der Waals surface area contributed by atoms with Crippen LogP contribution < -0.4 is 0 Å². The monoisotopic (exact) mass is 276 g/mol. The van der Waals surface area contributed by atoms with Gasteiger partial charge in [0.05, 0.1) is 5.57 Å². The van der Waals surface area contributed by atoms with Crippen LogP contribution in [0.1, 0.15) is 37.7 Å². The molecule has 1 atom stereocenters. The second-order valence-electron chi connectivity index (χ2n) is 4.72. The van der Waals surface area contributed by atoms with Gasteiger partial charge >= 0.3 is 0 Å². The predicted octanol–water partition coefficient (Wildman–Crippen LogP) is 3.21. The molecule has 1 aliphatic rings. The Morgan fingerprint density at radius 3 is 2.47 bits per heavy atom. The topological polar surface area (TPSA) is 54.4 Å². The number of carbonyl (C=O) groups is 2. The van der Waals surface area contributed by atoms with Gasteiger partial charge < -0.3 is 5.11 Å². The maximum absolute atomic E-state index is 12.0. The molecule has 0 saturated carbocycles. The van der Waals surface area contributed by atoms with Gasteiger partial charge in [-0.05, 0) is 23.6 Å². The van der Waals surface area contributed by atoms with Crippen LogP contribution in [0, 0.1) is 0 Å². The second-order valence-corrected chi connectivity index (χ2v) is 5.23. The predicted molar refractivity (Wildman–Crippen MR) is 75.6 cm³/mol. The third-order valence-electron chi connectivity index (χ3n) is 3.40. The van der Waals surface area contributed by atoms with Crippen LogP contribution in [0.2, 0.25) is 0 Å². The van der Waals surface area contributed by atoms with E-state index in [0.717, 1.165) is 10.5 Å². The highest BCUT2D eigenvalue weighted by atomic mass is 32.1. The lowest BCUT2D eigenvalue weighted by Gasteiger charge is -2.23. The maximum Gasteiger partial charge on any atom is 0.170 e. The quantitative estimate of drug-likeness (QED) is 0.658. The van der Waals surface area contributed by atoms with Crippen molar-refractivity contribution in [2.24, 2.45) is 0 Å². The van der Waals surface area contributed by atoms with Crippen LogP contribution in [0.4, 0.5) is 0 Å². The van der Waals surface area contributed by atoms with E-state index in [1.54, 1.807) is 6.92 Å². The summed E-state index contributed by atoms with van der Waals surface area (Å²) in [5.41, 5.74) is 0.991. The number of hydrogen-bond donors (Lipinski definition) is 2. The standard InChI is InChI=1S/C15H16O3S/c1-2-12(16)15-13(17)7-10(8-14(15)18)9-3-5-11(19)6-4-9/h3-6,10,17,19H,2,7-8H2,1H3. The Labute approximate surface area is 117 Å². The molecular weight excluding hydrogens is 260 g/mol. The van der Waals surface area contributed by atoms with Crippen LogP contribution in [-0.4, -0.2) is 16.7 Å². The second kappa shape index (κ2) is 5.61. The van der Waals surface area contributed by atoms with Crippen molar-refractivity contribution < 1.29 is 14.7 Å². The molecule has 1 N–H and O–H groups in total. The molecule has 100 valence electrons. The molecule has 0 aliphatic heterocycles. The summed E-state index contributed by atoms with van der Waals surface area (Å²) in [6.45, 7) is 1.69. The molecule has 2 rings (SSSR count). The van der Waals surface area contributed by atoms with Crippen molar-refractivity contribution in [3.05, 3.63) is 41.2 Å². The van der Waals surface area contributed by atoms with E-state index in [1.807, 2.05) is 24.3 Å². The third kappa shape index (κ3) is 2.89. The first-order valence-corrected chi connectivity index (χ1v) is 6.75. The Bertz CT molecular complexity index is 543. The molecule has 1 aromatic rings. The zero-order valence-corrected chi connectivity index (χ0v) is 11.6. The Kier molecular flexibility index (Phi) is 4.10. The van der Waals surface area contributed by atoms with Crippen LogP contribution in [0.3, 0.4) is 0 Å². The Morgan fingerprint density at radius 2 is 1.95 bits per heavy atom. The fourth-order valence-corrected chi connectivity index (χ4v) is 2.52. The molecule has 0 aromatic heterocycles. The molecule has 19 heavy (non-hydrogen) atoms. The Balaban J connectivity index is 2.27. The number of aliphatic hydroxyl groups is 1. The average molecular weight is 276 g/mol. The van der Waals surface area contributed by atoms with E-state index in [-0.39, 0.29) is 41.7 Å². The first-order chi connectivity index (χ1) is 9.02. The van der Waals surface area contributed by atoms with Gasteiger partial charge in [-0.15, -0.1) is 12.6 Å². The number of Topliss-reactive ketones (excluding diaryl/α,β-unsaturated/α-hetero) is 2. The lowest BCUT2D eigenvalue weighted by Crippen LogP contribution is -2.23. The number of allylic oxidation sites excluding steroid dienone is 2. The summed E-state index contributed by atoms with van der Waals surface area (Å²) in [7, 11) is 0. The lowest BCUT2D eigenvalue weighted by atomic mass is 9.81. The Hall–Kier alpha value is -1.55.